The fourth-order valence-corrected chi connectivity index (χ4v) is 3.62. The van der Waals surface area contributed by atoms with Crippen molar-refractivity contribution >= 4 is 16.7 Å². The van der Waals surface area contributed by atoms with E-state index in [2.05, 4.69) is 32.3 Å². The van der Waals surface area contributed by atoms with Crippen LogP contribution in [0, 0.1) is 0 Å². The Hall–Kier alpha value is -3.06. The van der Waals surface area contributed by atoms with Crippen molar-refractivity contribution in [2.75, 3.05) is 45.9 Å². The van der Waals surface area contributed by atoms with Crippen LogP contribution in [-0.2, 0) is 0 Å². The summed E-state index contributed by atoms with van der Waals surface area (Å²) in [6.45, 7) is 2.55. The van der Waals surface area contributed by atoms with Crippen molar-refractivity contribution in [3.63, 3.8) is 0 Å². The Morgan fingerprint density at radius 3 is 2.43 bits per heavy atom. The lowest BCUT2D eigenvalue weighted by atomic mass is 10.0. The number of piperazine rings is 1. The minimum absolute atomic E-state index is 0.213. The molecule has 0 aliphatic carbocycles. The average molecular weight is 380 g/mol. The summed E-state index contributed by atoms with van der Waals surface area (Å²) in [5, 5.41) is 4.55. The van der Waals surface area contributed by atoms with Crippen molar-refractivity contribution in [1.29, 1.82) is 0 Å². The summed E-state index contributed by atoms with van der Waals surface area (Å²) in [4.78, 5) is 11.3. The van der Waals surface area contributed by atoms with E-state index in [4.69, 9.17) is 14.2 Å². The van der Waals surface area contributed by atoms with Gasteiger partial charge in [-0.1, -0.05) is 12.1 Å². The fraction of sp³-hybridized carbons (Fsp3) is 0.333. The second-order valence-corrected chi connectivity index (χ2v) is 6.65. The molecule has 1 aliphatic rings. The molecule has 7 heteroatoms. The van der Waals surface area contributed by atoms with Crippen molar-refractivity contribution in [2.24, 2.45) is 0 Å². The molecule has 2 aromatic carbocycles. The number of ether oxygens (including phenoxy) is 3. The van der Waals surface area contributed by atoms with Gasteiger partial charge in [-0.05, 0) is 23.8 Å². The molecule has 3 aromatic rings. The van der Waals surface area contributed by atoms with Gasteiger partial charge in [0.1, 0.15) is 17.9 Å². The van der Waals surface area contributed by atoms with Crippen LogP contribution in [0.15, 0.2) is 42.7 Å². The van der Waals surface area contributed by atoms with Gasteiger partial charge in [0.05, 0.1) is 26.8 Å². The molecule has 1 unspecified atom stereocenters. The van der Waals surface area contributed by atoms with Gasteiger partial charge in [-0.15, -0.1) is 0 Å². The normalized spacial score (nSPS) is 16.8. The molecular formula is C21H24N4O3. The van der Waals surface area contributed by atoms with Crippen LogP contribution in [0.2, 0.25) is 0 Å². The van der Waals surface area contributed by atoms with Crippen LogP contribution in [0.5, 0.6) is 17.2 Å². The topological polar surface area (TPSA) is 68.7 Å². The maximum absolute atomic E-state index is 5.48. The molecule has 0 amide bonds. The van der Waals surface area contributed by atoms with Gasteiger partial charge in [0.25, 0.3) is 0 Å². The lowest BCUT2D eigenvalue weighted by Gasteiger charge is -2.35. The molecule has 0 bridgehead atoms. The van der Waals surface area contributed by atoms with Crippen molar-refractivity contribution < 1.29 is 14.2 Å². The van der Waals surface area contributed by atoms with Crippen LogP contribution in [-0.4, -0.2) is 50.9 Å². The van der Waals surface area contributed by atoms with Gasteiger partial charge in [-0.3, -0.25) is 0 Å². The molecule has 4 rings (SSSR count). The van der Waals surface area contributed by atoms with E-state index in [1.54, 1.807) is 27.7 Å². The van der Waals surface area contributed by atoms with E-state index in [1.807, 2.05) is 24.3 Å². The zero-order valence-electron chi connectivity index (χ0n) is 16.3. The van der Waals surface area contributed by atoms with Gasteiger partial charge < -0.3 is 24.4 Å². The van der Waals surface area contributed by atoms with E-state index in [1.165, 1.54) is 5.56 Å². The quantitative estimate of drug-likeness (QED) is 0.730. The fourth-order valence-electron chi connectivity index (χ4n) is 3.62. The van der Waals surface area contributed by atoms with Crippen LogP contribution >= 0.6 is 0 Å². The summed E-state index contributed by atoms with van der Waals surface area (Å²) >= 11 is 0. The van der Waals surface area contributed by atoms with Crippen LogP contribution in [0.25, 0.3) is 10.9 Å². The van der Waals surface area contributed by atoms with Crippen LogP contribution in [0.1, 0.15) is 11.6 Å². The van der Waals surface area contributed by atoms with Gasteiger partial charge >= 0.3 is 0 Å². The number of fused-ring (bicyclic) bond motifs is 1. The lowest BCUT2D eigenvalue weighted by Crippen LogP contribution is -2.46. The largest absolute Gasteiger partial charge is 0.497 e. The summed E-state index contributed by atoms with van der Waals surface area (Å²) in [5.41, 5.74) is 2.06. The number of benzene rings is 2. The second-order valence-electron chi connectivity index (χ2n) is 6.65. The highest BCUT2D eigenvalue weighted by Crippen LogP contribution is 2.35. The zero-order chi connectivity index (χ0) is 19.5. The number of rotatable bonds is 5. The number of hydrogen-bond donors (Lipinski definition) is 1. The molecule has 1 atom stereocenters. The van der Waals surface area contributed by atoms with Crippen molar-refractivity contribution in [3.05, 3.63) is 48.3 Å². The molecule has 1 saturated heterocycles. The summed E-state index contributed by atoms with van der Waals surface area (Å²) < 4.78 is 16.1. The Morgan fingerprint density at radius 2 is 1.71 bits per heavy atom. The summed E-state index contributed by atoms with van der Waals surface area (Å²) in [7, 11) is 4.94. The van der Waals surface area contributed by atoms with E-state index in [-0.39, 0.29) is 6.04 Å². The standard InChI is InChI=1S/C21H24N4O3/c1-26-15-6-4-14(5-7-15)18-12-25(9-8-22-18)21-16-10-19(27-2)20(28-3)11-17(16)23-13-24-21/h4-7,10-11,13,18,22H,8-9,12H2,1-3H3. The SMILES string of the molecule is COc1ccc(C2CN(c3ncnc4cc(OC)c(OC)cc34)CCN2)cc1. The van der Waals surface area contributed by atoms with Crippen LogP contribution in [0.3, 0.4) is 0 Å². The highest BCUT2D eigenvalue weighted by Gasteiger charge is 2.24. The van der Waals surface area contributed by atoms with Crippen molar-refractivity contribution in [2.45, 2.75) is 6.04 Å². The van der Waals surface area contributed by atoms with Crippen molar-refractivity contribution in [1.82, 2.24) is 15.3 Å². The van der Waals surface area contributed by atoms with E-state index in [0.717, 1.165) is 42.1 Å². The molecule has 2 heterocycles. The third-order valence-corrected chi connectivity index (χ3v) is 5.11. The van der Waals surface area contributed by atoms with E-state index in [9.17, 15) is 0 Å². The Balaban J connectivity index is 1.66. The summed E-state index contributed by atoms with van der Waals surface area (Å²) in [6, 6.07) is 12.2. The number of hydrogen-bond acceptors (Lipinski definition) is 7. The monoisotopic (exact) mass is 380 g/mol. The molecule has 1 N–H and O–H groups in total. The number of methoxy groups -OCH3 is 3. The minimum Gasteiger partial charge on any atom is -0.497 e. The van der Waals surface area contributed by atoms with Crippen LogP contribution in [0.4, 0.5) is 5.82 Å². The molecule has 0 saturated carbocycles. The number of anilines is 1. The predicted molar refractivity (Wildman–Crippen MR) is 109 cm³/mol. The van der Waals surface area contributed by atoms with E-state index >= 15 is 0 Å². The molecular weight excluding hydrogens is 356 g/mol. The zero-order valence-corrected chi connectivity index (χ0v) is 16.3. The predicted octanol–water partition coefficient (Wildman–Crippen LogP) is 2.81. The van der Waals surface area contributed by atoms with E-state index in [0.29, 0.717) is 11.5 Å². The average Bonchev–Trinajstić information content (AvgIpc) is 2.77. The molecule has 7 nitrogen and oxygen atoms in total. The highest BCUT2D eigenvalue weighted by atomic mass is 16.5. The van der Waals surface area contributed by atoms with Gasteiger partial charge in [0, 0.05) is 37.1 Å². The highest BCUT2D eigenvalue weighted by molar-refractivity contribution is 5.92. The number of nitrogens with zero attached hydrogens (tertiary/aromatic N) is 3. The van der Waals surface area contributed by atoms with E-state index < -0.39 is 0 Å². The maximum Gasteiger partial charge on any atom is 0.162 e. The first-order chi connectivity index (χ1) is 13.7. The third-order valence-electron chi connectivity index (χ3n) is 5.11. The molecule has 1 aromatic heterocycles. The Labute approximate surface area is 164 Å². The smallest absolute Gasteiger partial charge is 0.162 e. The molecule has 1 aliphatic heterocycles. The van der Waals surface area contributed by atoms with Gasteiger partial charge in [0.15, 0.2) is 11.5 Å². The first kappa shape index (κ1) is 18.3. The summed E-state index contributed by atoms with van der Waals surface area (Å²) in [5.74, 6) is 3.11. The summed E-state index contributed by atoms with van der Waals surface area (Å²) in [6.07, 6.45) is 1.61. The van der Waals surface area contributed by atoms with Gasteiger partial charge in [-0.2, -0.15) is 0 Å². The van der Waals surface area contributed by atoms with Crippen molar-refractivity contribution in [3.8, 4) is 17.2 Å². The molecule has 28 heavy (non-hydrogen) atoms. The lowest BCUT2D eigenvalue weighted by molar-refractivity contribution is 0.355. The first-order valence-corrected chi connectivity index (χ1v) is 9.22. The van der Waals surface area contributed by atoms with Crippen LogP contribution < -0.4 is 24.4 Å². The minimum atomic E-state index is 0.213. The Kier molecular flexibility index (Phi) is 5.16. The Morgan fingerprint density at radius 1 is 0.964 bits per heavy atom. The third kappa shape index (κ3) is 3.41. The Bertz CT molecular complexity index is 962. The molecule has 1 fully saturated rings. The second kappa shape index (κ2) is 7.90. The molecule has 146 valence electrons. The van der Waals surface area contributed by atoms with Gasteiger partial charge in [-0.25, -0.2) is 9.97 Å². The first-order valence-electron chi connectivity index (χ1n) is 9.22. The molecule has 0 radical (unpaired) electrons. The maximum atomic E-state index is 5.48. The molecule has 0 spiro atoms. The van der Waals surface area contributed by atoms with Gasteiger partial charge in [0.2, 0.25) is 0 Å². The number of aromatic nitrogens is 2. The number of nitrogens with one attached hydrogen (secondary N) is 1.